The van der Waals surface area contributed by atoms with Crippen molar-refractivity contribution >= 4 is 35.0 Å². The molecule has 1 aromatic carbocycles. The average Bonchev–Trinajstić information content (AvgIpc) is 2.93. The monoisotopic (exact) mass is 324 g/mol. The lowest BCUT2D eigenvalue weighted by atomic mass is 10.1. The van der Waals surface area contributed by atoms with Gasteiger partial charge in [-0.1, -0.05) is 13.0 Å². The molecule has 0 fully saturated rings. The van der Waals surface area contributed by atoms with E-state index in [1.165, 1.54) is 12.2 Å². The van der Waals surface area contributed by atoms with Crippen molar-refractivity contribution in [3.8, 4) is 0 Å². The van der Waals surface area contributed by atoms with E-state index in [1.54, 1.807) is 32.0 Å². The summed E-state index contributed by atoms with van der Waals surface area (Å²) < 4.78 is 0. The second kappa shape index (κ2) is 5.56. The van der Waals surface area contributed by atoms with Crippen LogP contribution in [0, 0.1) is 0 Å². The maximum Gasteiger partial charge on any atom is 0.261 e. The third-order valence-corrected chi connectivity index (χ3v) is 4.16. The van der Waals surface area contributed by atoms with Crippen molar-refractivity contribution in [1.29, 1.82) is 0 Å². The summed E-state index contributed by atoms with van der Waals surface area (Å²) in [5.41, 5.74) is 2.13. The van der Waals surface area contributed by atoms with Crippen LogP contribution in [-0.2, 0) is 25.6 Å². The third-order valence-electron chi connectivity index (χ3n) is 4.16. The van der Waals surface area contributed by atoms with Gasteiger partial charge in [0.2, 0.25) is 0 Å². The SMILES string of the molecule is CCc1c(N2C(=O)C=C(C)C2=O)cccc1N1C(=O)C=C(C)C1=O. The van der Waals surface area contributed by atoms with Gasteiger partial charge in [-0.05, 0) is 32.4 Å². The van der Waals surface area contributed by atoms with E-state index in [0.717, 1.165) is 9.80 Å². The van der Waals surface area contributed by atoms with Gasteiger partial charge >= 0.3 is 0 Å². The van der Waals surface area contributed by atoms with Crippen molar-refractivity contribution in [2.75, 3.05) is 9.80 Å². The van der Waals surface area contributed by atoms with E-state index in [-0.39, 0.29) is 11.8 Å². The minimum absolute atomic E-state index is 0.360. The zero-order valence-corrected chi connectivity index (χ0v) is 13.6. The lowest BCUT2D eigenvalue weighted by molar-refractivity contribution is -0.121. The number of hydrogen-bond acceptors (Lipinski definition) is 4. The summed E-state index contributed by atoms with van der Waals surface area (Å²) in [5.74, 6) is -1.61. The minimum atomic E-state index is -0.419. The molecular weight excluding hydrogens is 308 g/mol. The van der Waals surface area contributed by atoms with Crippen molar-refractivity contribution in [2.45, 2.75) is 27.2 Å². The molecule has 0 N–H and O–H groups in total. The van der Waals surface area contributed by atoms with Crippen LogP contribution in [-0.4, -0.2) is 23.6 Å². The molecule has 6 nitrogen and oxygen atoms in total. The van der Waals surface area contributed by atoms with Crippen LogP contribution in [0.25, 0.3) is 0 Å². The van der Waals surface area contributed by atoms with Crippen LogP contribution >= 0.6 is 0 Å². The molecule has 0 saturated carbocycles. The van der Waals surface area contributed by atoms with Gasteiger partial charge < -0.3 is 0 Å². The van der Waals surface area contributed by atoms with Crippen molar-refractivity contribution in [3.05, 3.63) is 47.1 Å². The Morgan fingerprint density at radius 1 is 0.792 bits per heavy atom. The minimum Gasteiger partial charge on any atom is -0.269 e. The number of rotatable bonds is 3. The second-order valence-corrected chi connectivity index (χ2v) is 5.74. The fourth-order valence-corrected chi connectivity index (χ4v) is 2.98. The molecular formula is C18H16N2O4. The molecule has 0 aliphatic carbocycles. The van der Waals surface area contributed by atoms with Gasteiger partial charge in [0, 0.05) is 28.9 Å². The molecule has 2 aliphatic heterocycles. The van der Waals surface area contributed by atoms with Gasteiger partial charge in [-0.3, -0.25) is 19.2 Å². The third kappa shape index (κ3) is 2.19. The molecule has 0 saturated heterocycles. The highest BCUT2D eigenvalue weighted by molar-refractivity contribution is 6.32. The van der Waals surface area contributed by atoms with Crippen LogP contribution in [0.3, 0.4) is 0 Å². The van der Waals surface area contributed by atoms with Crippen LogP contribution in [0.15, 0.2) is 41.5 Å². The van der Waals surface area contributed by atoms with E-state index in [9.17, 15) is 19.2 Å². The Bertz CT molecular complexity index is 798. The maximum absolute atomic E-state index is 12.3. The molecule has 0 spiro atoms. The van der Waals surface area contributed by atoms with E-state index in [2.05, 4.69) is 0 Å². The number of nitrogens with zero attached hydrogens (tertiary/aromatic N) is 2. The summed E-state index contributed by atoms with van der Waals surface area (Å²) in [7, 11) is 0. The summed E-state index contributed by atoms with van der Waals surface area (Å²) in [4.78, 5) is 51.0. The number of amides is 4. The maximum atomic E-state index is 12.3. The first-order valence-electron chi connectivity index (χ1n) is 7.62. The van der Waals surface area contributed by atoms with Gasteiger partial charge in [0.05, 0.1) is 11.4 Å². The topological polar surface area (TPSA) is 74.8 Å². The molecule has 6 heteroatoms. The first kappa shape index (κ1) is 15.9. The molecule has 0 bridgehead atoms. The van der Waals surface area contributed by atoms with Crippen LogP contribution in [0.1, 0.15) is 26.3 Å². The molecule has 0 aromatic heterocycles. The smallest absolute Gasteiger partial charge is 0.261 e. The van der Waals surface area contributed by atoms with E-state index < -0.39 is 11.8 Å². The lowest BCUT2D eigenvalue weighted by Gasteiger charge is -2.24. The van der Waals surface area contributed by atoms with Crippen LogP contribution in [0.4, 0.5) is 11.4 Å². The Hall–Kier alpha value is -3.02. The molecule has 1 aromatic rings. The largest absolute Gasteiger partial charge is 0.269 e. The second-order valence-electron chi connectivity index (χ2n) is 5.74. The molecule has 2 aliphatic rings. The molecule has 0 radical (unpaired) electrons. The normalized spacial score (nSPS) is 17.8. The van der Waals surface area contributed by atoms with Gasteiger partial charge in [-0.2, -0.15) is 0 Å². The Morgan fingerprint density at radius 3 is 1.50 bits per heavy atom. The quantitative estimate of drug-likeness (QED) is 0.796. The summed E-state index contributed by atoms with van der Waals surface area (Å²) in [6.45, 7) is 5.01. The van der Waals surface area contributed by atoms with E-state index in [1.807, 2.05) is 6.92 Å². The molecule has 3 rings (SSSR count). The fraction of sp³-hybridized carbons (Fsp3) is 0.222. The highest BCUT2D eigenvalue weighted by Crippen LogP contribution is 2.35. The number of carbonyl (C=O) groups is 4. The number of benzene rings is 1. The van der Waals surface area contributed by atoms with Crippen LogP contribution in [0.2, 0.25) is 0 Å². The molecule has 0 atom stereocenters. The van der Waals surface area contributed by atoms with Gasteiger partial charge in [-0.25, -0.2) is 9.80 Å². The Morgan fingerprint density at radius 2 is 1.21 bits per heavy atom. The van der Waals surface area contributed by atoms with E-state index in [4.69, 9.17) is 0 Å². The van der Waals surface area contributed by atoms with Crippen LogP contribution < -0.4 is 9.80 Å². The van der Waals surface area contributed by atoms with Gasteiger partial charge in [-0.15, -0.1) is 0 Å². The first-order chi connectivity index (χ1) is 11.4. The highest BCUT2D eigenvalue weighted by atomic mass is 16.2. The Kier molecular flexibility index (Phi) is 3.67. The van der Waals surface area contributed by atoms with E-state index in [0.29, 0.717) is 34.5 Å². The summed E-state index contributed by atoms with van der Waals surface area (Å²) in [6.07, 6.45) is 3.02. The molecule has 2 heterocycles. The number of hydrogen-bond donors (Lipinski definition) is 0. The molecule has 122 valence electrons. The van der Waals surface area contributed by atoms with Gasteiger partial charge in [0.15, 0.2) is 0 Å². The van der Waals surface area contributed by atoms with Gasteiger partial charge in [0.1, 0.15) is 0 Å². The lowest BCUT2D eigenvalue weighted by Crippen LogP contribution is -2.34. The Labute approximate surface area is 139 Å². The van der Waals surface area contributed by atoms with Gasteiger partial charge in [0.25, 0.3) is 23.6 Å². The fourth-order valence-electron chi connectivity index (χ4n) is 2.98. The number of imide groups is 2. The zero-order valence-electron chi connectivity index (χ0n) is 13.6. The van der Waals surface area contributed by atoms with E-state index >= 15 is 0 Å². The van der Waals surface area contributed by atoms with Crippen molar-refractivity contribution < 1.29 is 19.2 Å². The standard InChI is InChI=1S/C18H16N2O4/c1-4-12-13(19-15(21)8-10(2)17(19)23)6-5-7-14(12)20-16(22)9-11(3)18(20)24/h5-9H,4H2,1-3H3. The molecule has 0 unspecified atom stereocenters. The van der Waals surface area contributed by atoms with Crippen molar-refractivity contribution in [3.63, 3.8) is 0 Å². The summed E-state index contributed by atoms with van der Waals surface area (Å²) >= 11 is 0. The predicted octanol–water partition coefficient (Wildman–Crippen LogP) is 1.89. The average molecular weight is 324 g/mol. The van der Waals surface area contributed by atoms with Crippen LogP contribution in [0.5, 0.6) is 0 Å². The van der Waals surface area contributed by atoms with Crippen molar-refractivity contribution in [2.24, 2.45) is 0 Å². The van der Waals surface area contributed by atoms with Crippen molar-refractivity contribution in [1.82, 2.24) is 0 Å². The summed E-state index contributed by atoms with van der Waals surface area (Å²) in [5, 5.41) is 0. The molecule has 4 amide bonds. The zero-order chi connectivity index (χ0) is 17.6. The Balaban J connectivity index is 2.12. The summed E-state index contributed by atoms with van der Waals surface area (Å²) in [6, 6.07) is 4.93. The molecule has 24 heavy (non-hydrogen) atoms. The first-order valence-corrected chi connectivity index (χ1v) is 7.62. The predicted molar refractivity (Wildman–Crippen MR) is 88.3 cm³/mol. The highest BCUT2D eigenvalue weighted by Gasteiger charge is 2.35. The number of carbonyl (C=O) groups excluding carboxylic acids is 4. The number of anilines is 2.